The highest BCUT2D eigenvalue weighted by molar-refractivity contribution is 7.19. The summed E-state index contributed by atoms with van der Waals surface area (Å²) in [5.41, 5.74) is 4.37. The molecule has 33 heavy (non-hydrogen) atoms. The Morgan fingerprint density at radius 2 is 2.03 bits per heavy atom. The van der Waals surface area contributed by atoms with Crippen LogP contribution in [-0.4, -0.2) is 58.5 Å². The Kier molecular flexibility index (Phi) is 6.46. The summed E-state index contributed by atoms with van der Waals surface area (Å²) < 4.78 is 6.26. The van der Waals surface area contributed by atoms with Crippen LogP contribution in [-0.2, 0) is 22.6 Å². The van der Waals surface area contributed by atoms with Gasteiger partial charge in [0.05, 0.1) is 30.1 Å². The summed E-state index contributed by atoms with van der Waals surface area (Å²) in [6.07, 6.45) is 3.60. The van der Waals surface area contributed by atoms with E-state index >= 15 is 0 Å². The SMILES string of the molecule is COCC1CN(Cc2ccc(-c3ccc(Cl)s3)cc2)CC(=O)N1Cc1cc2cnccc2[nH]1. The van der Waals surface area contributed by atoms with E-state index in [1.165, 1.54) is 5.56 Å². The maximum Gasteiger partial charge on any atom is 0.237 e. The van der Waals surface area contributed by atoms with Gasteiger partial charge in [-0.25, -0.2) is 0 Å². The number of pyridine rings is 1. The zero-order valence-electron chi connectivity index (χ0n) is 18.3. The van der Waals surface area contributed by atoms with Crippen molar-refractivity contribution in [1.82, 2.24) is 19.8 Å². The molecule has 4 aromatic rings. The number of nitrogens with one attached hydrogen (secondary N) is 1. The lowest BCUT2D eigenvalue weighted by molar-refractivity contribution is -0.142. The molecule has 3 aromatic heterocycles. The summed E-state index contributed by atoms with van der Waals surface area (Å²) in [4.78, 5) is 26.0. The Labute approximate surface area is 201 Å². The predicted molar refractivity (Wildman–Crippen MR) is 132 cm³/mol. The lowest BCUT2D eigenvalue weighted by Crippen LogP contribution is -2.57. The number of hydrogen-bond donors (Lipinski definition) is 1. The molecule has 6 nitrogen and oxygen atoms in total. The molecule has 1 saturated heterocycles. The fourth-order valence-corrected chi connectivity index (χ4v) is 5.47. The number of amides is 1. The summed E-state index contributed by atoms with van der Waals surface area (Å²) in [5.74, 6) is 0.116. The number of rotatable bonds is 7. The molecule has 4 heterocycles. The van der Waals surface area contributed by atoms with Gasteiger partial charge in [-0.1, -0.05) is 35.9 Å². The molecule has 0 bridgehead atoms. The number of carbonyl (C=O) groups excluding carboxylic acids is 1. The van der Waals surface area contributed by atoms with E-state index in [1.54, 1.807) is 24.6 Å². The summed E-state index contributed by atoms with van der Waals surface area (Å²) >= 11 is 7.64. The molecule has 0 radical (unpaired) electrons. The molecule has 1 aliphatic heterocycles. The molecular weight excluding hydrogens is 456 g/mol. The molecule has 1 atom stereocenters. The first-order chi connectivity index (χ1) is 16.1. The van der Waals surface area contributed by atoms with Crippen LogP contribution in [0.5, 0.6) is 0 Å². The number of piperazine rings is 1. The first-order valence-electron chi connectivity index (χ1n) is 10.9. The highest BCUT2D eigenvalue weighted by Crippen LogP contribution is 2.31. The van der Waals surface area contributed by atoms with Crippen LogP contribution in [0.3, 0.4) is 0 Å². The number of thiophene rings is 1. The molecule has 1 fully saturated rings. The molecule has 8 heteroatoms. The summed E-state index contributed by atoms with van der Waals surface area (Å²) in [6.45, 7) is 2.92. The Balaban J connectivity index is 1.27. The van der Waals surface area contributed by atoms with Crippen molar-refractivity contribution in [1.29, 1.82) is 0 Å². The number of H-pyrrole nitrogens is 1. The van der Waals surface area contributed by atoms with Gasteiger partial charge in [0.15, 0.2) is 0 Å². The maximum atomic E-state index is 13.1. The Morgan fingerprint density at radius 3 is 2.76 bits per heavy atom. The standard InChI is InChI=1S/C25H25ClN4O2S/c1-32-16-21-14-29(12-17-2-4-18(5-3-17)23-6-7-24(26)33-23)15-25(31)30(21)13-20-10-19-11-27-9-8-22(19)28-20/h2-11,21,28H,12-16H2,1H3. The van der Waals surface area contributed by atoms with E-state index in [0.717, 1.165) is 44.5 Å². The molecule has 170 valence electrons. The fourth-order valence-electron chi connectivity index (χ4n) is 4.42. The van der Waals surface area contributed by atoms with Crippen LogP contribution in [0.4, 0.5) is 0 Å². The van der Waals surface area contributed by atoms with Crippen molar-refractivity contribution in [2.75, 3.05) is 26.8 Å². The van der Waals surface area contributed by atoms with Crippen molar-refractivity contribution in [3.8, 4) is 10.4 Å². The van der Waals surface area contributed by atoms with Gasteiger partial charge < -0.3 is 14.6 Å². The average molecular weight is 481 g/mol. The van der Waals surface area contributed by atoms with Gasteiger partial charge in [-0.05, 0) is 35.4 Å². The zero-order valence-corrected chi connectivity index (χ0v) is 19.9. The van der Waals surface area contributed by atoms with E-state index in [4.69, 9.17) is 16.3 Å². The van der Waals surface area contributed by atoms with Crippen LogP contribution in [0.2, 0.25) is 4.34 Å². The first kappa shape index (κ1) is 22.1. The predicted octanol–water partition coefficient (Wildman–Crippen LogP) is 4.80. The Hall–Kier alpha value is -2.71. The summed E-state index contributed by atoms with van der Waals surface area (Å²) in [7, 11) is 1.69. The number of halogens is 1. The van der Waals surface area contributed by atoms with E-state index in [9.17, 15) is 4.79 Å². The molecule has 1 N–H and O–H groups in total. The van der Waals surface area contributed by atoms with Gasteiger partial charge in [0.2, 0.25) is 5.91 Å². The number of nitrogens with zero attached hydrogens (tertiary/aromatic N) is 3. The fraction of sp³-hybridized carbons (Fsp3) is 0.280. The number of fused-ring (bicyclic) bond motifs is 1. The van der Waals surface area contributed by atoms with E-state index in [-0.39, 0.29) is 11.9 Å². The van der Waals surface area contributed by atoms with Gasteiger partial charge in [0.25, 0.3) is 0 Å². The van der Waals surface area contributed by atoms with Crippen molar-refractivity contribution in [3.05, 3.63) is 76.5 Å². The maximum absolute atomic E-state index is 13.1. The monoisotopic (exact) mass is 480 g/mol. The number of benzene rings is 1. The largest absolute Gasteiger partial charge is 0.382 e. The molecule has 1 amide bonds. The third-order valence-corrected chi connectivity index (χ3v) is 7.26. The van der Waals surface area contributed by atoms with E-state index in [0.29, 0.717) is 19.7 Å². The van der Waals surface area contributed by atoms with Crippen molar-refractivity contribution in [2.24, 2.45) is 0 Å². The molecule has 1 aliphatic rings. The molecule has 0 aliphatic carbocycles. The Bertz CT molecular complexity index is 1220. The third-order valence-electron chi connectivity index (χ3n) is 5.98. The highest BCUT2D eigenvalue weighted by atomic mass is 35.5. The first-order valence-corrected chi connectivity index (χ1v) is 12.1. The number of carbonyl (C=O) groups is 1. The van der Waals surface area contributed by atoms with Crippen LogP contribution >= 0.6 is 22.9 Å². The summed E-state index contributed by atoms with van der Waals surface area (Å²) in [5, 5.41) is 1.05. The van der Waals surface area contributed by atoms with Crippen molar-refractivity contribution < 1.29 is 9.53 Å². The minimum absolute atomic E-state index is 0.00618. The van der Waals surface area contributed by atoms with Crippen LogP contribution in [0.25, 0.3) is 21.3 Å². The second-order valence-electron chi connectivity index (χ2n) is 8.36. The average Bonchev–Trinajstić information content (AvgIpc) is 3.42. The van der Waals surface area contributed by atoms with E-state index in [2.05, 4.69) is 45.2 Å². The third kappa shape index (κ3) is 4.96. The van der Waals surface area contributed by atoms with Gasteiger partial charge >= 0.3 is 0 Å². The van der Waals surface area contributed by atoms with Crippen LogP contribution in [0.1, 0.15) is 11.3 Å². The minimum atomic E-state index is -0.00618. The highest BCUT2D eigenvalue weighted by Gasteiger charge is 2.32. The second kappa shape index (κ2) is 9.65. The molecule has 0 spiro atoms. The molecular formula is C25H25ClN4O2S. The normalized spacial score (nSPS) is 17.2. The number of hydrogen-bond acceptors (Lipinski definition) is 5. The minimum Gasteiger partial charge on any atom is -0.382 e. The molecule has 1 unspecified atom stereocenters. The topological polar surface area (TPSA) is 61.5 Å². The lowest BCUT2D eigenvalue weighted by Gasteiger charge is -2.40. The lowest BCUT2D eigenvalue weighted by atomic mass is 10.1. The molecule has 1 aromatic carbocycles. The van der Waals surface area contributed by atoms with Crippen LogP contribution in [0.15, 0.2) is 60.9 Å². The number of ether oxygens (including phenoxy) is 1. The summed E-state index contributed by atoms with van der Waals surface area (Å²) in [6, 6.07) is 16.5. The smallest absolute Gasteiger partial charge is 0.237 e. The van der Waals surface area contributed by atoms with E-state index < -0.39 is 0 Å². The van der Waals surface area contributed by atoms with Crippen molar-refractivity contribution >= 4 is 39.7 Å². The van der Waals surface area contributed by atoms with Gasteiger partial charge in [0.1, 0.15) is 0 Å². The van der Waals surface area contributed by atoms with Gasteiger partial charge in [-0.15, -0.1) is 11.3 Å². The molecule has 5 rings (SSSR count). The van der Waals surface area contributed by atoms with Gasteiger partial charge in [-0.3, -0.25) is 14.7 Å². The van der Waals surface area contributed by atoms with Crippen molar-refractivity contribution in [2.45, 2.75) is 19.1 Å². The number of aromatic nitrogens is 2. The Morgan fingerprint density at radius 1 is 1.18 bits per heavy atom. The zero-order chi connectivity index (χ0) is 22.8. The van der Waals surface area contributed by atoms with Gasteiger partial charge in [-0.2, -0.15) is 0 Å². The quantitative estimate of drug-likeness (QED) is 0.412. The second-order valence-corrected chi connectivity index (χ2v) is 10.1. The van der Waals surface area contributed by atoms with Crippen LogP contribution in [0, 0.1) is 0 Å². The number of methoxy groups -OCH3 is 1. The van der Waals surface area contributed by atoms with E-state index in [1.807, 2.05) is 29.3 Å². The molecule has 0 saturated carbocycles. The van der Waals surface area contributed by atoms with Crippen molar-refractivity contribution in [3.63, 3.8) is 0 Å². The number of aromatic amines is 1. The van der Waals surface area contributed by atoms with Crippen LogP contribution < -0.4 is 0 Å². The van der Waals surface area contributed by atoms with Gasteiger partial charge in [0, 0.05) is 54.1 Å².